The normalized spacial score (nSPS) is 11.7. The van der Waals surface area contributed by atoms with Crippen molar-refractivity contribution >= 4 is 62.3 Å². The van der Waals surface area contributed by atoms with E-state index in [0.29, 0.717) is 125 Å². The number of fused-ring (bicyclic) bond motifs is 7. The first-order valence-electron chi connectivity index (χ1n) is 24.3. The number of allylic oxidation sites excluding steroid dienone is 4. The number of hydrogen-bond acceptors (Lipinski definition) is 17. The number of hydrogen-bond donors (Lipinski definition) is 3. The first kappa shape index (κ1) is 65.3. The summed E-state index contributed by atoms with van der Waals surface area (Å²) >= 11 is 0. The van der Waals surface area contributed by atoms with Crippen molar-refractivity contribution in [2.45, 2.75) is 80.1 Å². The monoisotopic (exact) mass is 1180 g/mol. The van der Waals surface area contributed by atoms with Crippen LogP contribution in [0.25, 0.3) is 44.4 Å². The molecule has 410 valence electrons. The summed E-state index contributed by atoms with van der Waals surface area (Å²) in [6, 6.07) is 7.66. The molecule has 3 N–H and O–H groups in total. The van der Waals surface area contributed by atoms with E-state index in [1.807, 2.05) is 19.9 Å². The van der Waals surface area contributed by atoms with Crippen LogP contribution in [0.4, 0.5) is 0 Å². The third-order valence-electron chi connectivity index (χ3n) is 10.9. The van der Waals surface area contributed by atoms with E-state index in [0.717, 1.165) is 76.8 Å². The minimum absolute atomic E-state index is 0. The average Bonchev–Trinajstić information content (AvgIpc) is 3.96. The van der Waals surface area contributed by atoms with E-state index in [4.69, 9.17) is 87.4 Å². The molecule has 2 aliphatic heterocycles. The number of carboxylic acid groups (broad SMARTS) is 2. The number of carbonyl (C=O) groups is 3. The van der Waals surface area contributed by atoms with Gasteiger partial charge in [-0.25, -0.2) is 9.97 Å². The van der Waals surface area contributed by atoms with Crippen LogP contribution in [-0.4, -0.2) is 160 Å². The van der Waals surface area contributed by atoms with Gasteiger partial charge in [-0.2, -0.15) is 0 Å². The van der Waals surface area contributed by atoms with Crippen molar-refractivity contribution in [2.75, 3.05) is 107 Å². The maximum atomic E-state index is 12.4. The van der Waals surface area contributed by atoms with Crippen LogP contribution in [0, 0.1) is 39.9 Å². The molecule has 74 heavy (non-hydrogen) atoms. The number of benzene rings is 1. The van der Waals surface area contributed by atoms with Crippen LogP contribution in [0.1, 0.15) is 101 Å². The zero-order valence-corrected chi connectivity index (χ0v) is 46.5. The van der Waals surface area contributed by atoms with E-state index in [2.05, 4.69) is 19.9 Å². The predicted molar refractivity (Wildman–Crippen MR) is 276 cm³/mol. The Kier molecular flexibility index (Phi) is 32.7. The second-order valence-electron chi connectivity index (χ2n) is 16.2. The minimum atomic E-state index is -0.833. The van der Waals surface area contributed by atoms with Gasteiger partial charge in [0.1, 0.15) is 13.2 Å². The first-order chi connectivity index (χ1) is 35.2. The zero-order valence-electron chi connectivity index (χ0n) is 44.2. The summed E-state index contributed by atoms with van der Waals surface area (Å²) in [5, 5.41) is 24.7. The second kappa shape index (κ2) is 37.0. The van der Waals surface area contributed by atoms with Gasteiger partial charge in [0, 0.05) is 93.2 Å². The molecule has 0 spiro atoms. The topological polar surface area (TPSA) is 261 Å². The molecular weight excluding hydrogens is 1100 g/mol. The summed E-state index contributed by atoms with van der Waals surface area (Å²) in [7, 11) is 4.66. The van der Waals surface area contributed by atoms with Gasteiger partial charge in [-0.3, -0.25) is 24.4 Å². The molecule has 2 aliphatic rings. The number of ether oxygens (including phenoxy) is 9. The van der Waals surface area contributed by atoms with Gasteiger partial charge < -0.3 is 62.9 Å². The number of aliphatic hydroxyl groups excluding tert-OH is 1. The van der Waals surface area contributed by atoms with Crippen LogP contribution in [0.3, 0.4) is 0 Å². The molecule has 5 rings (SSSR count). The number of carbonyl (C=O) groups excluding carboxylic acids is 1. The summed E-state index contributed by atoms with van der Waals surface area (Å²) in [5.74, 6) is -1.10. The molecule has 6 bridgehead atoms. The molecule has 20 nitrogen and oxygen atoms in total. The Hall–Kier alpha value is -4.81. The molecule has 0 amide bonds. The fourth-order valence-corrected chi connectivity index (χ4v) is 7.40. The van der Waals surface area contributed by atoms with Crippen molar-refractivity contribution in [3.8, 4) is 11.5 Å². The number of aliphatic hydroxyl groups is 1. The van der Waals surface area contributed by atoms with Gasteiger partial charge in [-0.05, 0) is 68.2 Å². The van der Waals surface area contributed by atoms with Crippen molar-refractivity contribution in [2.24, 2.45) is 0 Å². The van der Waals surface area contributed by atoms with Gasteiger partial charge in [0.15, 0.2) is 11.5 Å². The maximum absolute atomic E-state index is 12.4. The summed E-state index contributed by atoms with van der Waals surface area (Å²) in [6.07, 6.45) is 6.82. The van der Waals surface area contributed by atoms with Crippen LogP contribution < -0.4 is 14.5 Å². The molecule has 21 heteroatoms. The summed E-state index contributed by atoms with van der Waals surface area (Å²) in [5.41, 5.74) is 11.6. The molecule has 0 saturated carbocycles. The number of esters is 1. The molecule has 3 aromatic rings. The van der Waals surface area contributed by atoms with Gasteiger partial charge in [-0.1, -0.05) is 37.1 Å². The van der Waals surface area contributed by atoms with Crippen LogP contribution in [-0.2, 0) is 60.4 Å². The van der Waals surface area contributed by atoms with Crippen LogP contribution in [0.15, 0.2) is 36.7 Å². The number of aromatic nitrogens is 5. The molecule has 4 heterocycles. The average molecular weight is 1180 g/mol. The molecule has 0 unspecified atom stereocenters. The molecule has 0 aliphatic carbocycles. The maximum Gasteiger partial charge on any atom is 0.305 e. The molecule has 0 saturated heterocycles. The van der Waals surface area contributed by atoms with Gasteiger partial charge in [0.2, 0.25) is 0 Å². The molecule has 0 fully saturated rings. The van der Waals surface area contributed by atoms with E-state index in [1.165, 1.54) is 7.11 Å². The van der Waals surface area contributed by atoms with Crippen LogP contribution in [0.2, 0.25) is 0 Å². The number of nitrogens with zero attached hydrogens (tertiary/aromatic N) is 5. The number of carboxylic acids is 2. The Morgan fingerprint density at radius 1 is 0.568 bits per heavy atom. The van der Waals surface area contributed by atoms with E-state index in [-0.39, 0.29) is 72.2 Å². The third kappa shape index (κ3) is 22.6. The van der Waals surface area contributed by atoms with Crippen molar-refractivity contribution in [1.82, 2.24) is 24.9 Å². The predicted octanol–water partition coefficient (Wildman–Crippen LogP) is 6.98. The van der Waals surface area contributed by atoms with Crippen molar-refractivity contribution < 1.29 is 112 Å². The fourth-order valence-electron chi connectivity index (χ4n) is 7.40. The van der Waals surface area contributed by atoms with E-state index in [9.17, 15) is 9.90 Å². The Morgan fingerprint density at radius 2 is 0.946 bits per heavy atom. The first-order valence-corrected chi connectivity index (χ1v) is 24.3. The quantitative estimate of drug-likeness (QED) is 0.0489. The minimum Gasteiger partial charge on any atom is -0.657 e. The van der Waals surface area contributed by atoms with Gasteiger partial charge >= 0.3 is 5.97 Å². The molecule has 2 aromatic heterocycles. The number of aryl methyl sites for hydroxylation is 2. The summed E-state index contributed by atoms with van der Waals surface area (Å²) in [6.45, 7) is 15.3. The van der Waals surface area contributed by atoms with Crippen molar-refractivity contribution in [1.29, 1.82) is 0 Å². The number of methoxy groups -OCH3 is 3. The third-order valence-corrected chi connectivity index (χ3v) is 10.9. The second-order valence-corrected chi connectivity index (χ2v) is 16.2. The largest absolute Gasteiger partial charge is 0.657 e. The van der Waals surface area contributed by atoms with E-state index >= 15 is 0 Å². The number of rotatable bonds is 28. The molecule has 0 radical (unpaired) electrons. The van der Waals surface area contributed by atoms with Crippen LogP contribution >= 0.6 is 0 Å². The Labute approximate surface area is 465 Å². The standard InChI is InChI=1S/C49H66N5O11.2C2H4O2.Gd/c1-8-35-36(9-2)40-28-42-38(12-13-49(56)59-7)34(4)46(54-42)32-51-44-30-48(65-26-24-63-22-20-61-18-16-58-6)47(64-25-23-62-21-19-60-17-15-57-5)29-43(44)50-31-45-33(3)37(11-10-14-55)41(53-45)27-39(35)52-40;2*1-2(3)4;/h27-32,55H,8-26H2,1-7H3;2*1H3,(H,3,4);/q-1;;;. The van der Waals surface area contributed by atoms with E-state index in [1.54, 1.807) is 38.7 Å². The molecular formula is C53H74GdN5O15-. The van der Waals surface area contributed by atoms with Crippen molar-refractivity contribution in [3.63, 3.8) is 0 Å². The summed E-state index contributed by atoms with van der Waals surface area (Å²) in [4.78, 5) is 55.8. The smallest absolute Gasteiger partial charge is 0.305 e. The Morgan fingerprint density at radius 3 is 1.31 bits per heavy atom. The molecule has 0 atom stereocenters. The van der Waals surface area contributed by atoms with Gasteiger partial charge in [0.05, 0.1) is 119 Å². The van der Waals surface area contributed by atoms with Gasteiger partial charge in [-0.15, -0.1) is 11.0 Å². The van der Waals surface area contributed by atoms with E-state index < -0.39 is 11.9 Å². The Bertz CT molecular complexity index is 2490. The molecule has 1 aromatic carbocycles. The summed E-state index contributed by atoms with van der Waals surface area (Å²) < 4.78 is 50.3. The zero-order chi connectivity index (χ0) is 53.5. The van der Waals surface area contributed by atoms with Crippen LogP contribution in [0.5, 0.6) is 11.5 Å². The Balaban J connectivity index is 0.00000194. The fraction of sp³-hybridized carbons (Fsp3) is 0.528. The SMILES string of the molecule is CC(=O)O.CC(=O)O.CCc1c(CC)c2cc3nc(cnc4cc(OCCOCCOCCOC)c(OCCOCCOCCOC)cc4ncc4nc(cc1[n-]2)C(CCCO)=C4C)C(C)=C3CCC(=O)OC.[Gd]. The van der Waals surface area contributed by atoms with Gasteiger partial charge in [0.25, 0.3) is 11.9 Å². The van der Waals surface area contributed by atoms with Crippen molar-refractivity contribution in [3.05, 3.63) is 70.6 Å². The number of aliphatic carboxylic acids is 2.